The summed E-state index contributed by atoms with van der Waals surface area (Å²) in [5.41, 5.74) is 0. The predicted octanol–water partition coefficient (Wildman–Crippen LogP) is 2.20. The second-order valence-electron chi connectivity index (χ2n) is 5.87. The molecule has 0 atom stereocenters. The number of amides is 1. The van der Waals surface area contributed by atoms with Crippen LogP contribution < -0.4 is 0 Å². The van der Waals surface area contributed by atoms with Crippen LogP contribution in [-0.4, -0.2) is 61.4 Å². The van der Waals surface area contributed by atoms with Crippen molar-refractivity contribution in [3.8, 4) is 0 Å². The molecule has 5 nitrogen and oxygen atoms in total. The Morgan fingerprint density at radius 3 is 2.64 bits per heavy atom. The largest absolute Gasteiger partial charge is 0.347 e. The van der Waals surface area contributed by atoms with Gasteiger partial charge in [-0.3, -0.25) is 9.69 Å². The first-order chi connectivity index (χ1) is 10.6. The lowest BCUT2D eigenvalue weighted by atomic mass is 10.0. The third-order valence-electron chi connectivity index (χ3n) is 4.15. The topological polar surface area (TPSA) is 42.0 Å². The summed E-state index contributed by atoms with van der Waals surface area (Å²) in [5, 5.41) is 0. The van der Waals surface area contributed by atoms with E-state index in [9.17, 15) is 4.79 Å². The molecule has 2 fully saturated rings. The van der Waals surface area contributed by atoms with E-state index in [-0.39, 0.29) is 5.91 Å². The maximum absolute atomic E-state index is 12.4. The fourth-order valence-electron chi connectivity index (χ4n) is 2.97. The fraction of sp³-hybridized carbons (Fsp3) is 0.667. The van der Waals surface area contributed by atoms with Gasteiger partial charge < -0.3 is 14.4 Å². The van der Waals surface area contributed by atoms with Gasteiger partial charge in [-0.1, -0.05) is 11.6 Å². The fourth-order valence-corrected chi connectivity index (χ4v) is 4.14. The molecule has 7 heteroatoms. The summed E-state index contributed by atoms with van der Waals surface area (Å²) in [6.07, 6.45) is 1.53. The molecule has 2 aliphatic rings. The lowest BCUT2D eigenvalue weighted by molar-refractivity contribution is -0.187. The highest BCUT2D eigenvalue weighted by molar-refractivity contribution is 7.16. The molecular formula is C15H21ClN2O3S. The number of hydrogen-bond donors (Lipinski definition) is 0. The Bertz CT molecular complexity index is 521. The van der Waals surface area contributed by atoms with Crippen LogP contribution in [0, 0.1) is 0 Å². The van der Waals surface area contributed by atoms with Crippen molar-refractivity contribution in [2.45, 2.75) is 25.2 Å². The van der Waals surface area contributed by atoms with Gasteiger partial charge in [0.1, 0.15) is 0 Å². The summed E-state index contributed by atoms with van der Waals surface area (Å²) < 4.78 is 12.2. The number of carbonyl (C=O) groups excluding carboxylic acids is 1. The van der Waals surface area contributed by atoms with E-state index in [4.69, 9.17) is 21.1 Å². The minimum atomic E-state index is -0.420. The molecule has 0 aromatic carbocycles. The molecule has 0 saturated carbocycles. The summed E-state index contributed by atoms with van der Waals surface area (Å²) in [6.45, 7) is 3.91. The van der Waals surface area contributed by atoms with Crippen molar-refractivity contribution in [1.29, 1.82) is 0 Å². The number of halogens is 1. The van der Waals surface area contributed by atoms with E-state index >= 15 is 0 Å². The Balaban J connectivity index is 1.46. The zero-order valence-electron chi connectivity index (χ0n) is 12.7. The summed E-state index contributed by atoms with van der Waals surface area (Å²) in [5.74, 6) is -0.255. The van der Waals surface area contributed by atoms with Gasteiger partial charge in [0.05, 0.1) is 24.1 Å². The Hall–Kier alpha value is -0.660. The quantitative estimate of drug-likeness (QED) is 0.839. The maximum atomic E-state index is 12.4. The van der Waals surface area contributed by atoms with Crippen LogP contribution in [0.1, 0.15) is 17.7 Å². The van der Waals surface area contributed by atoms with E-state index in [1.54, 1.807) is 11.3 Å². The maximum Gasteiger partial charge on any atom is 0.236 e. The number of thiophene rings is 1. The molecule has 2 saturated heterocycles. The van der Waals surface area contributed by atoms with Crippen LogP contribution in [0.2, 0.25) is 4.34 Å². The van der Waals surface area contributed by atoms with Gasteiger partial charge in [-0.15, -0.1) is 11.3 Å². The van der Waals surface area contributed by atoms with Crippen LogP contribution in [0.5, 0.6) is 0 Å². The molecule has 1 amide bonds. The van der Waals surface area contributed by atoms with Crippen molar-refractivity contribution < 1.29 is 14.3 Å². The molecule has 3 heterocycles. The van der Waals surface area contributed by atoms with Gasteiger partial charge >= 0.3 is 0 Å². The smallest absolute Gasteiger partial charge is 0.236 e. The van der Waals surface area contributed by atoms with Crippen molar-refractivity contribution in [2.24, 2.45) is 0 Å². The molecule has 0 unspecified atom stereocenters. The van der Waals surface area contributed by atoms with Crippen LogP contribution >= 0.6 is 22.9 Å². The Morgan fingerprint density at radius 2 is 2.05 bits per heavy atom. The Labute approximate surface area is 139 Å². The molecule has 0 aliphatic carbocycles. The molecular weight excluding hydrogens is 324 g/mol. The van der Waals surface area contributed by atoms with E-state index in [1.165, 1.54) is 4.88 Å². The van der Waals surface area contributed by atoms with Gasteiger partial charge in [0, 0.05) is 37.4 Å². The minimum absolute atomic E-state index is 0.165. The van der Waals surface area contributed by atoms with E-state index in [0.29, 0.717) is 32.8 Å². The summed E-state index contributed by atoms with van der Waals surface area (Å²) in [7, 11) is 1.96. The first-order valence-corrected chi connectivity index (χ1v) is 8.74. The molecule has 122 valence electrons. The molecule has 1 spiro atoms. The highest BCUT2D eigenvalue weighted by Gasteiger charge is 2.40. The summed E-state index contributed by atoms with van der Waals surface area (Å²) in [6, 6.07) is 3.90. The second-order valence-corrected chi connectivity index (χ2v) is 7.67. The van der Waals surface area contributed by atoms with Crippen molar-refractivity contribution >= 4 is 28.8 Å². The molecule has 0 radical (unpaired) electrons. The van der Waals surface area contributed by atoms with E-state index < -0.39 is 5.79 Å². The minimum Gasteiger partial charge on any atom is -0.347 e. The molecule has 1 aromatic rings. The lowest BCUT2D eigenvalue weighted by Gasteiger charge is -2.38. The molecule has 1 aromatic heterocycles. The highest BCUT2D eigenvalue weighted by atomic mass is 35.5. The van der Waals surface area contributed by atoms with E-state index in [2.05, 4.69) is 0 Å². The number of carbonyl (C=O) groups is 1. The lowest BCUT2D eigenvalue weighted by Crippen LogP contribution is -2.49. The normalized spacial score (nSPS) is 21.0. The van der Waals surface area contributed by atoms with Gasteiger partial charge in [-0.05, 0) is 19.2 Å². The third-order valence-corrected chi connectivity index (χ3v) is 5.37. The van der Waals surface area contributed by atoms with Crippen LogP contribution in [0.25, 0.3) is 0 Å². The highest BCUT2D eigenvalue weighted by Crippen LogP contribution is 2.31. The van der Waals surface area contributed by atoms with Crippen molar-refractivity contribution in [3.05, 3.63) is 21.3 Å². The van der Waals surface area contributed by atoms with Crippen molar-refractivity contribution in [3.63, 3.8) is 0 Å². The van der Waals surface area contributed by atoms with E-state index in [0.717, 1.165) is 23.7 Å². The first-order valence-electron chi connectivity index (χ1n) is 7.55. The zero-order chi connectivity index (χ0) is 15.6. The van der Waals surface area contributed by atoms with Crippen LogP contribution in [0.4, 0.5) is 0 Å². The molecule has 0 bridgehead atoms. The van der Waals surface area contributed by atoms with Crippen molar-refractivity contribution in [2.75, 3.05) is 39.9 Å². The average Bonchev–Trinajstić information content (AvgIpc) is 3.09. The molecule has 0 N–H and O–H groups in total. The average molecular weight is 345 g/mol. The number of hydrogen-bond acceptors (Lipinski definition) is 5. The van der Waals surface area contributed by atoms with Gasteiger partial charge in [0.15, 0.2) is 5.79 Å². The van der Waals surface area contributed by atoms with Crippen molar-refractivity contribution in [1.82, 2.24) is 9.80 Å². The van der Waals surface area contributed by atoms with Gasteiger partial charge in [-0.25, -0.2) is 0 Å². The number of likely N-dealkylation sites (tertiary alicyclic amines) is 1. The Kier molecular flexibility index (Phi) is 5.04. The number of likely N-dealkylation sites (N-methyl/N-ethyl adjacent to an activating group) is 1. The first kappa shape index (κ1) is 16.2. The predicted molar refractivity (Wildman–Crippen MR) is 86.1 cm³/mol. The Morgan fingerprint density at radius 1 is 1.36 bits per heavy atom. The van der Waals surface area contributed by atoms with Gasteiger partial charge in [-0.2, -0.15) is 0 Å². The van der Waals surface area contributed by atoms with Crippen LogP contribution in [0.15, 0.2) is 12.1 Å². The van der Waals surface area contributed by atoms with Gasteiger partial charge in [0.25, 0.3) is 0 Å². The van der Waals surface area contributed by atoms with Crippen LogP contribution in [-0.2, 0) is 20.8 Å². The standard InChI is InChI=1S/C15H21ClN2O3S/c1-17(10-12-2-3-13(16)22-12)11-14(19)18-6-4-15(5-7-18)20-8-9-21-15/h2-3H,4-11H2,1H3. The SMILES string of the molecule is CN(CC(=O)N1CCC2(CC1)OCCO2)Cc1ccc(Cl)s1. The number of nitrogens with zero attached hydrogens (tertiary/aromatic N) is 2. The number of ether oxygens (including phenoxy) is 2. The number of rotatable bonds is 4. The molecule has 2 aliphatic heterocycles. The summed E-state index contributed by atoms with van der Waals surface area (Å²) >= 11 is 7.49. The second kappa shape index (κ2) is 6.84. The summed E-state index contributed by atoms with van der Waals surface area (Å²) in [4.78, 5) is 17.5. The van der Waals surface area contributed by atoms with E-state index in [1.807, 2.05) is 29.0 Å². The third kappa shape index (κ3) is 3.81. The monoisotopic (exact) mass is 344 g/mol. The number of piperidine rings is 1. The molecule has 22 heavy (non-hydrogen) atoms. The molecule has 3 rings (SSSR count). The van der Waals surface area contributed by atoms with Crippen LogP contribution in [0.3, 0.4) is 0 Å². The zero-order valence-corrected chi connectivity index (χ0v) is 14.3. The van der Waals surface area contributed by atoms with Gasteiger partial charge in [0.2, 0.25) is 5.91 Å².